The second kappa shape index (κ2) is 6.47. The van der Waals surface area contributed by atoms with E-state index in [4.69, 9.17) is 0 Å². The van der Waals surface area contributed by atoms with Gasteiger partial charge in [-0.1, -0.05) is 6.07 Å². The van der Waals surface area contributed by atoms with Crippen molar-refractivity contribution >= 4 is 23.3 Å². The molecule has 0 spiro atoms. The van der Waals surface area contributed by atoms with Crippen molar-refractivity contribution in [1.29, 1.82) is 0 Å². The molecule has 2 aromatic rings. The predicted molar refractivity (Wildman–Crippen MR) is 93.1 cm³/mol. The van der Waals surface area contributed by atoms with Crippen LogP contribution >= 0.6 is 0 Å². The van der Waals surface area contributed by atoms with Crippen LogP contribution in [0.5, 0.6) is 0 Å². The van der Waals surface area contributed by atoms with Crippen molar-refractivity contribution in [2.45, 2.75) is 39.7 Å². The summed E-state index contributed by atoms with van der Waals surface area (Å²) in [5, 5.41) is 10.1. The maximum atomic E-state index is 12.6. The van der Waals surface area contributed by atoms with Crippen molar-refractivity contribution in [2.24, 2.45) is 5.92 Å². The number of carbonyl (C=O) groups is 2. The van der Waals surface area contributed by atoms with Crippen LogP contribution in [0.25, 0.3) is 0 Å². The number of carbonyl (C=O) groups excluding carboxylic acids is 2. The Kier molecular flexibility index (Phi) is 4.38. The van der Waals surface area contributed by atoms with Crippen LogP contribution in [0.1, 0.15) is 48.7 Å². The molecule has 0 bridgehead atoms. The molecule has 2 N–H and O–H groups in total. The lowest BCUT2D eigenvalue weighted by molar-refractivity contribution is -0.114. The van der Waals surface area contributed by atoms with E-state index in [9.17, 15) is 9.59 Å². The Morgan fingerprint density at radius 2 is 2.04 bits per heavy atom. The van der Waals surface area contributed by atoms with E-state index >= 15 is 0 Å². The molecule has 3 rings (SSSR count). The summed E-state index contributed by atoms with van der Waals surface area (Å²) < 4.78 is 1.91. The van der Waals surface area contributed by atoms with E-state index in [2.05, 4.69) is 22.7 Å². The minimum Gasteiger partial charge on any atom is -0.326 e. The molecule has 1 fully saturated rings. The SMILES string of the molecule is CC(=O)Nc1cccc(C(=O)Nc2c(C)cnn2[C@@H](C)C2CC2)c1. The van der Waals surface area contributed by atoms with E-state index < -0.39 is 0 Å². The Bertz CT molecular complexity index is 777. The maximum absolute atomic E-state index is 12.6. The van der Waals surface area contributed by atoms with Gasteiger partial charge in [-0.05, 0) is 50.8 Å². The van der Waals surface area contributed by atoms with Gasteiger partial charge in [0.2, 0.25) is 5.91 Å². The summed E-state index contributed by atoms with van der Waals surface area (Å²) in [4.78, 5) is 23.8. The lowest BCUT2D eigenvalue weighted by Crippen LogP contribution is -2.19. The van der Waals surface area contributed by atoms with Crippen molar-refractivity contribution in [3.63, 3.8) is 0 Å². The molecule has 1 saturated carbocycles. The van der Waals surface area contributed by atoms with Gasteiger partial charge in [-0.3, -0.25) is 9.59 Å². The Morgan fingerprint density at radius 1 is 1.29 bits per heavy atom. The minimum absolute atomic E-state index is 0.167. The van der Waals surface area contributed by atoms with Crippen molar-refractivity contribution in [3.8, 4) is 0 Å². The standard InChI is InChI=1S/C18H22N4O2/c1-11-10-19-22(12(2)14-7-8-14)17(11)21-18(24)15-5-4-6-16(9-15)20-13(3)23/h4-6,9-10,12,14H,7-8H2,1-3H3,(H,20,23)(H,21,24)/t12-/m0/s1. The van der Waals surface area contributed by atoms with Crippen molar-refractivity contribution in [3.05, 3.63) is 41.6 Å². The fourth-order valence-electron chi connectivity index (χ4n) is 2.81. The largest absolute Gasteiger partial charge is 0.326 e. The maximum Gasteiger partial charge on any atom is 0.256 e. The number of anilines is 2. The number of aryl methyl sites for hydroxylation is 1. The highest BCUT2D eigenvalue weighted by atomic mass is 16.2. The lowest BCUT2D eigenvalue weighted by Gasteiger charge is -2.16. The van der Waals surface area contributed by atoms with E-state index in [1.165, 1.54) is 19.8 Å². The van der Waals surface area contributed by atoms with Gasteiger partial charge in [-0.25, -0.2) is 4.68 Å². The molecule has 1 aliphatic rings. The van der Waals surface area contributed by atoms with Crippen LogP contribution in [-0.4, -0.2) is 21.6 Å². The van der Waals surface area contributed by atoms with E-state index in [1.54, 1.807) is 30.5 Å². The normalized spacial score (nSPS) is 15.0. The number of amides is 2. The molecule has 1 aromatic carbocycles. The fraction of sp³-hybridized carbons (Fsp3) is 0.389. The number of nitrogens with zero attached hydrogens (tertiary/aromatic N) is 2. The topological polar surface area (TPSA) is 76.0 Å². The van der Waals surface area contributed by atoms with Gasteiger partial charge in [-0.2, -0.15) is 5.10 Å². The molecule has 0 radical (unpaired) electrons. The monoisotopic (exact) mass is 326 g/mol. The van der Waals surface area contributed by atoms with Gasteiger partial charge in [0.1, 0.15) is 5.82 Å². The highest BCUT2D eigenvalue weighted by Gasteiger charge is 2.31. The first-order chi connectivity index (χ1) is 11.5. The number of hydrogen-bond donors (Lipinski definition) is 2. The van der Waals surface area contributed by atoms with E-state index in [1.807, 2.05) is 11.6 Å². The Balaban J connectivity index is 1.80. The van der Waals surface area contributed by atoms with Crippen molar-refractivity contribution in [2.75, 3.05) is 10.6 Å². The van der Waals surface area contributed by atoms with Gasteiger partial charge in [0.05, 0.1) is 12.2 Å². The molecule has 1 aromatic heterocycles. The highest BCUT2D eigenvalue weighted by molar-refractivity contribution is 6.05. The molecular formula is C18H22N4O2. The third-order valence-electron chi connectivity index (χ3n) is 4.35. The average molecular weight is 326 g/mol. The zero-order valence-corrected chi connectivity index (χ0v) is 14.2. The summed E-state index contributed by atoms with van der Waals surface area (Å²) in [6.07, 6.45) is 4.21. The molecular weight excluding hydrogens is 304 g/mol. The van der Waals surface area contributed by atoms with Crippen LogP contribution in [0.3, 0.4) is 0 Å². The summed E-state index contributed by atoms with van der Waals surface area (Å²) in [6, 6.07) is 7.16. The third kappa shape index (κ3) is 3.48. The first-order valence-electron chi connectivity index (χ1n) is 8.19. The molecule has 1 aliphatic carbocycles. The lowest BCUT2D eigenvalue weighted by atomic mass is 10.2. The molecule has 6 heteroatoms. The fourth-order valence-corrected chi connectivity index (χ4v) is 2.81. The van der Waals surface area contributed by atoms with Gasteiger partial charge in [0.15, 0.2) is 0 Å². The molecule has 6 nitrogen and oxygen atoms in total. The summed E-state index contributed by atoms with van der Waals surface area (Å²) in [5.41, 5.74) is 2.04. The van der Waals surface area contributed by atoms with Gasteiger partial charge in [0.25, 0.3) is 5.91 Å². The van der Waals surface area contributed by atoms with E-state index in [0.717, 1.165) is 11.4 Å². The second-order valence-electron chi connectivity index (χ2n) is 6.41. The van der Waals surface area contributed by atoms with Gasteiger partial charge >= 0.3 is 0 Å². The molecule has 0 aliphatic heterocycles. The predicted octanol–water partition coefficient (Wildman–Crippen LogP) is 3.37. The Labute approximate surface area is 141 Å². The van der Waals surface area contributed by atoms with Crippen LogP contribution in [0, 0.1) is 12.8 Å². The van der Waals surface area contributed by atoms with Gasteiger partial charge in [-0.15, -0.1) is 0 Å². The highest BCUT2D eigenvalue weighted by Crippen LogP contribution is 2.40. The number of nitrogens with one attached hydrogen (secondary N) is 2. The number of aromatic nitrogens is 2. The summed E-state index contributed by atoms with van der Waals surface area (Å²) in [6.45, 7) is 5.51. The molecule has 0 unspecified atom stereocenters. The van der Waals surface area contributed by atoms with Gasteiger partial charge in [0, 0.05) is 23.7 Å². The van der Waals surface area contributed by atoms with Crippen molar-refractivity contribution < 1.29 is 9.59 Å². The third-order valence-corrected chi connectivity index (χ3v) is 4.35. The first kappa shape index (κ1) is 16.2. The summed E-state index contributed by atoms with van der Waals surface area (Å²) in [7, 11) is 0. The Hall–Kier alpha value is -2.63. The molecule has 24 heavy (non-hydrogen) atoms. The van der Waals surface area contributed by atoms with E-state index in [-0.39, 0.29) is 17.9 Å². The van der Waals surface area contributed by atoms with E-state index in [0.29, 0.717) is 17.2 Å². The molecule has 0 saturated heterocycles. The van der Waals surface area contributed by atoms with Crippen LogP contribution in [0.15, 0.2) is 30.5 Å². The number of benzene rings is 1. The molecule has 126 valence electrons. The van der Waals surface area contributed by atoms with Crippen LogP contribution in [0.4, 0.5) is 11.5 Å². The number of rotatable bonds is 5. The first-order valence-corrected chi connectivity index (χ1v) is 8.19. The van der Waals surface area contributed by atoms with Gasteiger partial charge < -0.3 is 10.6 Å². The smallest absolute Gasteiger partial charge is 0.256 e. The molecule has 1 atom stereocenters. The quantitative estimate of drug-likeness (QED) is 0.884. The van der Waals surface area contributed by atoms with Crippen LogP contribution in [0.2, 0.25) is 0 Å². The average Bonchev–Trinajstić information content (AvgIpc) is 3.32. The summed E-state index contributed by atoms with van der Waals surface area (Å²) >= 11 is 0. The van der Waals surface area contributed by atoms with Crippen LogP contribution < -0.4 is 10.6 Å². The number of hydrogen-bond acceptors (Lipinski definition) is 3. The minimum atomic E-state index is -0.213. The Morgan fingerprint density at radius 3 is 2.71 bits per heavy atom. The molecule has 2 amide bonds. The summed E-state index contributed by atoms with van der Waals surface area (Å²) in [5.74, 6) is 1.00. The zero-order chi connectivity index (χ0) is 17.3. The zero-order valence-electron chi connectivity index (χ0n) is 14.2. The molecule has 1 heterocycles. The van der Waals surface area contributed by atoms with Crippen LogP contribution in [-0.2, 0) is 4.79 Å². The second-order valence-corrected chi connectivity index (χ2v) is 6.41. The van der Waals surface area contributed by atoms with Crippen molar-refractivity contribution in [1.82, 2.24) is 9.78 Å².